The molecule has 0 aromatic carbocycles. The van der Waals surface area contributed by atoms with E-state index in [1.165, 1.54) is 11.3 Å². The van der Waals surface area contributed by atoms with Gasteiger partial charge in [0, 0.05) is 18.8 Å². The zero-order chi connectivity index (χ0) is 11.6. The van der Waals surface area contributed by atoms with Gasteiger partial charge in [0.15, 0.2) is 0 Å². The van der Waals surface area contributed by atoms with Crippen molar-refractivity contribution in [3.8, 4) is 0 Å². The van der Waals surface area contributed by atoms with Gasteiger partial charge in [-0.05, 0) is 31.2 Å². The number of carbonyl (C=O) groups is 1. The number of anilines is 1. The monoisotopic (exact) mass is 240 g/mol. The second-order valence-corrected chi connectivity index (χ2v) is 5.25. The molecule has 88 valence electrons. The maximum atomic E-state index is 12.0. The number of amides is 1. The average molecular weight is 240 g/mol. The van der Waals surface area contributed by atoms with E-state index in [9.17, 15) is 4.79 Å². The Morgan fingerprint density at radius 2 is 2.25 bits per heavy atom. The molecule has 0 bridgehead atoms. The first kappa shape index (κ1) is 11.4. The van der Waals surface area contributed by atoms with E-state index in [2.05, 4.69) is 12.2 Å². The number of hydrogen-bond donors (Lipinski definition) is 2. The van der Waals surface area contributed by atoms with Gasteiger partial charge >= 0.3 is 0 Å². The van der Waals surface area contributed by atoms with Crippen LogP contribution >= 0.6 is 11.3 Å². The Bertz CT molecular complexity index is 383. The number of nitrogen functional groups attached to an aromatic ring is 1. The largest absolute Gasteiger partial charge is 0.397 e. The highest BCUT2D eigenvalue weighted by Crippen LogP contribution is 2.23. The highest BCUT2D eigenvalue weighted by Gasteiger charge is 2.29. The topological polar surface area (TPSA) is 64.4 Å². The lowest BCUT2D eigenvalue weighted by atomic mass is 9.92. The highest BCUT2D eigenvalue weighted by molar-refractivity contribution is 7.12. The zero-order valence-electron chi connectivity index (χ0n) is 9.29. The molecule has 0 unspecified atom stereocenters. The van der Waals surface area contributed by atoms with Gasteiger partial charge in [-0.1, -0.05) is 0 Å². The van der Waals surface area contributed by atoms with Crippen LogP contribution in [0.1, 0.15) is 29.4 Å². The Balaban J connectivity index is 2.04. The number of nitrogens with two attached hydrogens (primary N) is 1. The van der Waals surface area contributed by atoms with E-state index in [0.717, 1.165) is 12.8 Å². The lowest BCUT2D eigenvalue weighted by Crippen LogP contribution is -2.49. The molecule has 1 aliphatic rings. The van der Waals surface area contributed by atoms with E-state index < -0.39 is 0 Å². The lowest BCUT2D eigenvalue weighted by Gasteiger charge is -2.34. The van der Waals surface area contributed by atoms with Crippen LogP contribution in [-0.2, 0) is 4.74 Å². The smallest absolute Gasteiger partial charge is 0.263 e. The molecule has 0 atom stereocenters. The predicted molar refractivity (Wildman–Crippen MR) is 64.7 cm³/mol. The van der Waals surface area contributed by atoms with Crippen LogP contribution in [0, 0.1) is 0 Å². The maximum Gasteiger partial charge on any atom is 0.263 e. The SMILES string of the molecule is CC1(NC(=O)c2sccc2N)CCOCC1. The van der Waals surface area contributed by atoms with Crippen LogP contribution < -0.4 is 11.1 Å². The van der Waals surface area contributed by atoms with Crippen molar-refractivity contribution in [2.75, 3.05) is 18.9 Å². The summed E-state index contributed by atoms with van der Waals surface area (Å²) in [6.07, 6.45) is 1.70. The summed E-state index contributed by atoms with van der Waals surface area (Å²) >= 11 is 1.38. The van der Waals surface area contributed by atoms with Crippen LogP contribution in [0.4, 0.5) is 5.69 Å². The third kappa shape index (κ3) is 2.36. The molecule has 2 heterocycles. The van der Waals surface area contributed by atoms with Gasteiger partial charge in [0.2, 0.25) is 0 Å². The molecular weight excluding hydrogens is 224 g/mol. The van der Waals surface area contributed by atoms with Crippen molar-refractivity contribution in [3.05, 3.63) is 16.3 Å². The van der Waals surface area contributed by atoms with Gasteiger partial charge in [-0.25, -0.2) is 0 Å². The molecule has 1 fully saturated rings. The summed E-state index contributed by atoms with van der Waals surface area (Å²) in [7, 11) is 0. The Morgan fingerprint density at radius 1 is 1.56 bits per heavy atom. The van der Waals surface area contributed by atoms with E-state index in [4.69, 9.17) is 10.5 Å². The highest BCUT2D eigenvalue weighted by atomic mass is 32.1. The number of ether oxygens (including phenoxy) is 1. The van der Waals surface area contributed by atoms with Crippen molar-refractivity contribution in [3.63, 3.8) is 0 Å². The van der Waals surface area contributed by atoms with Crippen LogP contribution in [0.3, 0.4) is 0 Å². The molecular formula is C11H16N2O2S. The van der Waals surface area contributed by atoms with E-state index in [0.29, 0.717) is 23.8 Å². The number of thiophene rings is 1. The number of nitrogens with one attached hydrogen (secondary N) is 1. The van der Waals surface area contributed by atoms with Crippen LogP contribution in [0.2, 0.25) is 0 Å². The minimum Gasteiger partial charge on any atom is -0.397 e. The third-order valence-electron chi connectivity index (χ3n) is 2.91. The first-order valence-corrected chi connectivity index (χ1v) is 6.22. The summed E-state index contributed by atoms with van der Waals surface area (Å²) in [6.45, 7) is 3.46. The molecule has 1 amide bonds. The van der Waals surface area contributed by atoms with E-state index >= 15 is 0 Å². The molecule has 16 heavy (non-hydrogen) atoms. The van der Waals surface area contributed by atoms with Gasteiger partial charge in [-0.15, -0.1) is 11.3 Å². The van der Waals surface area contributed by atoms with Crippen LogP contribution in [0.25, 0.3) is 0 Å². The Labute approximate surface area is 98.8 Å². The van der Waals surface area contributed by atoms with Crippen LogP contribution in [0.5, 0.6) is 0 Å². The molecule has 1 aliphatic heterocycles. The summed E-state index contributed by atoms with van der Waals surface area (Å²) in [5.74, 6) is -0.0723. The summed E-state index contributed by atoms with van der Waals surface area (Å²) in [6, 6.07) is 1.76. The van der Waals surface area contributed by atoms with Crippen molar-refractivity contribution in [2.45, 2.75) is 25.3 Å². The Morgan fingerprint density at radius 3 is 2.81 bits per heavy atom. The summed E-state index contributed by atoms with van der Waals surface area (Å²) in [5, 5.41) is 4.88. The number of rotatable bonds is 2. The molecule has 1 aromatic heterocycles. The minimum atomic E-state index is -0.161. The van der Waals surface area contributed by atoms with Gasteiger partial charge in [-0.3, -0.25) is 4.79 Å². The summed E-state index contributed by atoms with van der Waals surface area (Å²) in [5.41, 5.74) is 6.11. The lowest BCUT2D eigenvalue weighted by molar-refractivity contribution is 0.0424. The fourth-order valence-corrected chi connectivity index (χ4v) is 2.49. The molecule has 2 rings (SSSR count). The van der Waals surface area contributed by atoms with Gasteiger partial charge in [0.1, 0.15) is 4.88 Å². The first-order valence-electron chi connectivity index (χ1n) is 5.34. The van der Waals surface area contributed by atoms with E-state index in [1.54, 1.807) is 6.07 Å². The Hall–Kier alpha value is -1.07. The van der Waals surface area contributed by atoms with Gasteiger partial charge < -0.3 is 15.8 Å². The van der Waals surface area contributed by atoms with Crippen molar-refractivity contribution >= 4 is 22.9 Å². The molecule has 0 saturated carbocycles. The number of carbonyl (C=O) groups excluding carboxylic acids is 1. The second kappa shape index (κ2) is 4.43. The van der Waals surface area contributed by atoms with E-state index in [1.807, 2.05) is 5.38 Å². The predicted octanol–water partition coefficient (Wildman–Crippen LogP) is 1.63. The molecule has 0 radical (unpaired) electrons. The summed E-state index contributed by atoms with van der Waals surface area (Å²) < 4.78 is 5.29. The quantitative estimate of drug-likeness (QED) is 0.825. The van der Waals surface area contributed by atoms with Crippen molar-refractivity contribution < 1.29 is 9.53 Å². The standard InChI is InChI=1S/C11H16N2O2S/c1-11(3-5-15-6-4-11)13-10(14)9-8(12)2-7-16-9/h2,7H,3-6,12H2,1H3,(H,13,14). The van der Waals surface area contributed by atoms with E-state index in [-0.39, 0.29) is 11.4 Å². The fourth-order valence-electron chi connectivity index (χ4n) is 1.78. The molecule has 0 spiro atoms. The zero-order valence-corrected chi connectivity index (χ0v) is 10.1. The van der Waals surface area contributed by atoms with Crippen molar-refractivity contribution in [2.24, 2.45) is 0 Å². The Kier molecular flexibility index (Phi) is 3.16. The minimum absolute atomic E-state index is 0.0723. The summed E-state index contributed by atoms with van der Waals surface area (Å²) in [4.78, 5) is 12.6. The normalized spacial score (nSPS) is 19.3. The van der Waals surface area contributed by atoms with Gasteiger partial charge in [-0.2, -0.15) is 0 Å². The molecule has 5 heteroatoms. The second-order valence-electron chi connectivity index (χ2n) is 4.33. The third-order valence-corrected chi connectivity index (χ3v) is 3.84. The van der Waals surface area contributed by atoms with Crippen LogP contribution in [0.15, 0.2) is 11.4 Å². The molecule has 1 saturated heterocycles. The van der Waals surface area contributed by atoms with Crippen molar-refractivity contribution in [1.29, 1.82) is 0 Å². The molecule has 3 N–H and O–H groups in total. The van der Waals surface area contributed by atoms with Crippen LogP contribution in [-0.4, -0.2) is 24.7 Å². The first-order chi connectivity index (χ1) is 7.61. The molecule has 0 aliphatic carbocycles. The maximum absolute atomic E-state index is 12.0. The average Bonchev–Trinajstić information content (AvgIpc) is 2.65. The van der Waals surface area contributed by atoms with Crippen molar-refractivity contribution in [1.82, 2.24) is 5.32 Å². The molecule has 4 nitrogen and oxygen atoms in total. The van der Waals surface area contributed by atoms with Gasteiger partial charge in [0.25, 0.3) is 5.91 Å². The van der Waals surface area contributed by atoms with Gasteiger partial charge in [0.05, 0.1) is 5.69 Å². The fraction of sp³-hybridized carbons (Fsp3) is 0.545. The number of hydrogen-bond acceptors (Lipinski definition) is 4. The molecule has 1 aromatic rings.